The van der Waals surface area contributed by atoms with E-state index in [0.29, 0.717) is 6.04 Å². The van der Waals surface area contributed by atoms with Gasteiger partial charge in [-0.1, -0.05) is 0 Å². The zero-order chi connectivity index (χ0) is 12.5. The highest BCUT2D eigenvalue weighted by molar-refractivity contribution is 9.11. The van der Waals surface area contributed by atoms with E-state index < -0.39 is 0 Å². The fraction of sp³-hybridized carbons (Fsp3) is 0.357. The number of nitrogens with zero attached hydrogens (tertiary/aromatic N) is 1. The molecule has 0 bridgehead atoms. The van der Waals surface area contributed by atoms with Crippen molar-refractivity contribution in [3.05, 3.63) is 44.3 Å². The molecule has 1 atom stereocenters. The third-order valence-corrected chi connectivity index (χ3v) is 5.17. The second-order valence-electron chi connectivity index (χ2n) is 4.71. The van der Waals surface area contributed by atoms with E-state index in [0.717, 1.165) is 5.69 Å². The van der Waals surface area contributed by atoms with Gasteiger partial charge in [-0.15, -0.1) is 11.3 Å². The normalized spacial score (nSPS) is 18.4. The highest BCUT2D eigenvalue weighted by Crippen LogP contribution is 2.39. The largest absolute Gasteiger partial charge is 0.377 e. The van der Waals surface area contributed by atoms with E-state index in [1.54, 1.807) is 0 Å². The first-order chi connectivity index (χ1) is 8.74. The minimum Gasteiger partial charge on any atom is -0.377 e. The molecule has 4 heteroatoms. The number of pyridine rings is 1. The molecule has 3 rings (SSSR count). The van der Waals surface area contributed by atoms with Gasteiger partial charge in [0.25, 0.3) is 0 Å². The predicted molar refractivity (Wildman–Crippen MR) is 80.3 cm³/mol. The summed E-state index contributed by atoms with van der Waals surface area (Å²) in [6.07, 6.45) is 7.44. The number of halogens is 1. The lowest BCUT2D eigenvalue weighted by Crippen LogP contribution is -2.16. The zero-order valence-corrected chi connectivity index (χ0v) is 12.6. The fourth-order valence-corrected chi connectivity index (χ4v) is 4.29. The van der Waals surface area contributed by atoms with Crippen LogP contribution in [0.2, 0.25) is 0 Å². The predicted octanol–water partition coefficient (Wildman–Crippen LogP) is 4.70. The van der Waals surface area contributed by atoms with Crippen molar-refractivity contribution in [2.75, 3.05) is 5.32 Å². The Labute approximate surface area is 120 Å². The molecule has 1 aliphatic carbocycles. The molecule has 0 radical (unpaired) electrons. The van der Waals surface area contributed by atoms with Crippen LogP contribution in [0.25, 0.3) is 0 Å². The molecule has 0 saturated carbocycles. The standard InChI is InChI=1S/C14H15BrN2S/c1-9-5-6-16-8-12(9)17-11-3-2-4-13-10(11)7-14(15)18-13/h5-8,11,17H,2-4H2,1H3. The van der Waals surface area contributed by atoms with Crippen molar-refractivity contribution >= 4 is 33.0 Å². The van der Waals surface area contributed by atoms with Gasteiger partial charge in [-0.3, -0.25) is 4.98 Å². The Balaban J connectivity index is 1.88. The van der Waals surface area contributed by atoms with Crippen LogP contribution in [0.5, 0.6) is 0 Å². The lowest BCUT2D eigenvalue weighted by Gasteiger charge is -2.25. The summed E-state index contributed by atoms with van der Waals surface area (Å²) in [5.74, 6) is 0. The molecule has 1 N–H and O–H groups in total. The summed E-state index contributed by atoms with van der Waals surface area (Å²) in [6, 6.07) is 4.75. The van der Waals surface area contributed by atoms with Crippen molar-refractivity contribution in [3.63, 3.8) is 0 Å². The first-order valence-corrected chi connectivity index (χ1v) is 7.80. The van der Waals surface area contributed by atoms with Crippen LogP contribution in [0, 0.1) is 6.92 Å². The van der Waals surface area contributed by atoms with Crippen molar-refractivity contribution < 1.29 is 0 Å². The summed E-state index contributed by atoms with van der Waals surface area (Å²) < 4.78 is 1.24. The first kappa shape index (κ1) is 12.2. The van der Waals surface area contributed by atoms with Gasteiger partial charge in [0.15, 0.2) is 0 Å². The molecule has 2 nitrogen and oxygen atoms in total. The van der Waals surface area contributed by atoms with Crippen LogP contribution in [-0.4, -0.2) is 4.98 Å². The number of thiophene rings is 1. The zero-order valence-electron chi connectivity index (χ0n) is 10.2. The first-order valence-electron chi connectivity index (χ1n) is 6.19. The molecule has 0 fully saturated rings. The number of aryl methyl sites for hydroxylation is 2. The highest BCUT2D eigenvalue weighted by Gasteiger charge is 2.22. The van der Waals surface area contributed by atoms with Crippen molar-refractivity contribution in [2.24, 2.45) is 0 Å². The van der Waals surface area contributed by atoms with Crippen LogP contribution in [0.4, 0.5) is 5.69 Å². The van der Waals surface area contributed by atoms with Crippen LogP contribution < -0.4 is 5.32 Å². The van der Waals surface area contributed by atoms with Gasteiger partial charge in [-0.05, 0) is 65.4 Å². The van der Waals surface area contributed by atoms with Crippen molar-refractivity contribution in [2.45, 2.75) is 32.2 Å². The van der Waals surface area contributed by atoms with Gasteiger partial charge in [0.1, 0.15) is 0 Å². The van der Waals surface area contributed by atoms with Gasteiger partial charge in [0.2, 0.25) is 0 Å². The molecule has 2 aromatic rings. The van der Waals surface area contributed by atoms with Crippen LogP contribution >= 0.6 is 27.3 Å². The molecule has 2 heterocycles. The average molecular weight is 323 g/mol. The SMILES string of the molecule is Cc1ccncc1NC1CCCc2sc(Br)cc21. The van der Waals surface area contributed by atoms with E-state index in [9.17, 15) is 0 Å². The fourth-order valence-electron chi connectivity index (χ4n) is 2.47. The Morgan fingerprint density at radius 2 is 2.39 bits per heavy atom. The molecular weight excluding hydrogens is 308 g/mol. The smallest absolute Gasteiger partial charge is 0.0705 e. The van der Waals surface area contributed by atoms with E-state index in [-0.39, 0.29) is 0 Å². The van der Waals surface area contributed by atoms with E-state index in [1.165, 1.54) is 39.1 Å². The van der Waals surface area contributed by atoms with Crippen LogP contribution in [0.1, 0.15) is 34.9 Å². The Morgan fingerprint density at radius 1 is 1.50 bits per heavy atom. The molecule has 2 aromatic heterocycles. The quantitative estimate of drug-likeness (QED) is 0.866. The molecule has 0 aliphatic heterocycles. The van der Waals surface area contributed by atoms with E-state index in [4.69, 9.17) is 0 Å². The summed E-state index contributed by atoms with van der Waals surface area (Å²) in [5.41, 5.74) is 3.87. The van der Waals surface area contributed by atoms with Gasteiger partial charge < -0.3 is 5.32 Å². The molecular formula is C14H15BrN2S. The van der Waals surface area contributed by atoms with E-state index >= 15 is 0 Å². The van der Waals surface area contributed by atoms with Crippen LogP contribution in [0.3, 0.4) is 0 Å². The monoisotopic (exact) mass is 322 g/mol. The molecule has 0 spiro atoms. The second kappa shape index (κ2) is 5.02. The van der Waals surface area contributed by atoms with Gasteiger partial charge in [-0.25, -0.2) is 0 Å². The molecule has 1 unspecified atom stereocenters. The van der Waals surface area contributed by atoms with Crippen LogP contribution in [0.15, 0.2) is 28.3 Å². The van der Waals surface area contributed by atoms with Crippen molar-refractivity contribution in [1.82, 2.24) is 4.98 Å². The summed E-state index contributed by atoms with van der Waals surface area (Å²) >= 11 is 5.47. The number of hydrogen-bond acceptors (Lipinski definition) is 3. The van der Waals surface area contributed by atoms with Crippen molar-refractivity contribution in [1.29, 1.82) is 0 Å². The van der Waals surface area contributed by atoms with Gasteiger partial charge in [-0.2, -0.15) is 0 Å². The minimum absolute atomic E-state index is 0.430. The van der Waals surface area contributed by atoms with Gasteiger partial charge in [0, 0.05) is 11.1 Å². The Hall–Kier alpha value is -0.870. The van der Waals surface area contributed by atoms with Crippen LogP contribution in [-0.2, 0) is 6.42 Å². The average Bonchev–Trinajstić information content (AvgIpc) is 2.73. The van der Waals surface area contributed by atoms with E-state index in [2.05, 4.69) is 45.3 Å². The third kappa shape index (κ3) is 2.31. The highest BCUT2D eigenvalue weighted by atomic mass is 79.9. The summed E-state index contributed by atoms with van der Waals surface area (Å²) in [7, 11) is 0. The number of nitrogens with one attached hydrogen (secondary N) is 1. The summed E-state index contributed by atoms with van der Waals surface area (Å²) in [6.45, 7) is 2.12. The Bertz CT molecular complexity index is 565. The maximum absolute atomic E-state index is 4.20. The maximum atomic E-state index is 4.20. The number of aromatic nitrogens is 1. The topological polar surface area (TPSA) is 24.9 Å². The maximum Gasteiger partial charge on any atom is 0.0705 e. The molecule has 0 amide bonds. The van der Waals surface area contributed by atoms with Gasteiger partial charge >= 0.3 is 0 Å². The molecule has 94 valence electrons. The molecule has 0 saturated heterocycles. The van der Waals surface area contributed by atoms with E-state index in [1.807, 2.05) is 23.7 Å². The number of anilines is 1. The lowest BCUT2D eigenvalue weighted by atomic mass is 9.94. The summed E-state index contributed by atoms with van der Waals surface area (Å²) in [4.78, 5) is 5.72. The number of hydrogen-bond donors (Lipinski definition) is 1. The lowest BCUT2D eigenvalue weighted by molar-refractivity contribution is 0.608. The van der Waals surface area contributed by atoms with Crippen molar-refractivity contribution in [3.8, 4) is 0 Å². The molecule has 18 heavy (non-hydrogen) atoms. The Kier molecular flexibility index (Phi) is 3.39. The third-order valence-electron chi connectivity index (χ3n) is 3.45. The molecule has 1 aliphatic rings. The van der Waals surface area contributed by atoms with Gasteiger partial charge in [0.05, 0.1) is 21.7 Å². The minimum atomic E-state index is 0.430. The summed E-state index contributed by atoms with van der Waals surface area (Å²) in [5, 5.41) is 3.64. The number of fused-ring (bicyclic) bond motifs is 1. The molecule has 0 aromatic carbocycles. The second-order valence-corrected chi connectivity index (χ2v) is 7.22. The number of rotatable bonds is 2. The Morgan fingerprint density at radius 3 is 3.22 bits per heavy atom.